The summed E-state index contributed by atoms with van der Waals surface area (Å²) >= 11 is 0. The molecule has 8 aromatic rings. The Labute approximate surface area is 262 Å². The number of benzene rings is 7. The molecular weight excluding hydrogens is 546 g/mol. The van der Waals surface area contributed by atoms with Crippen molar-refractivity contribution in [3.8, 4) is 22.3 Å². The number of hydrogen-bond donors (Lipinski definition) is 0. The van der Waals surface area contributed by atoms with Crippen LogP contribution in [0.25, 0.3) is 55.0 Å². The fourth-order valence-electron chi connectivity index (χ4n) is 7.29. The van der Waals surface area contributed by atoms with Gasteiger partial charge in [0.2, 0.25) is 0 Å². The van der Waals surface area contributed by atoms with E-state index in [1.807, 2.05) is 6.07 Å². The van der Waals surface area contributed by atoms with Crippen molar-refractivity contribution >= 4 is 49.8 Å². The van der Waals surface area contributed by atoms with Gasteiger partial charge in [0.1, 0.15) is 11.2 Å². The minimum absolute atomic E-state index is 0.130. The third-order valence-corrected chi connectivity index (χ3v) is 9.64. The van der Waals surface area contributed by atoms with Gasteiger partial charge in [0.25, 0.3) is 0 Å². The molecule has 0 N–H and O–H groups in total. The fraction of sp³-hybridized carbons (Fsp3) is 0.0698. The van der Waals surface area contributed by atoms with Gasteiger partial charge in [0.05, 0.1) is 0 Å². The molecule has 0 atom stereocenters. The highest BCUT2D eigenvalue weighted by molar-refractivity contribution is 6.08. The van der Waals surface area contributed by atoms with Crippen molar-refractivity contribution < 1.29 is 4.42 Å². The Balaban J connectivity index is 1.17. The highest BCUT2D eigenvalue weighted by Gasteiger charge is 2.37. The molecule has 0 spiro atoms. The van der Waals surface area contributed by atoms with Gasteiger partial charge >= 0.3 is 0 Å². The Bertz CT molecular complexity index is 2400. The van der Waals surface area contributed by atoms with Crippen LogP contribution in [-0.2, 0) is 5.41 Å². The molecule has 7 aromatic carbocycles. The van der Waals surface area contributed by atoms with Gasteiger partial charge in [0, 0.05) is 33.2 Å². The number of rotatable bonds is 4. The number of furan rings is 1. The molecule has 0 aliphatic heterocycles. The molecule has 214 valence electrons. The Morgan fingerprint density at radius 1 is 0.444 bits per heavy atom. The Kier molecular flexibility index (Phi) is 5.58. The lowest BCUT2D eigenvalue weighted by Crippen LogP contribution is -2.15. The van der Waals surface area contributed by atoms with Crippen LogP contribution in [0, 0.1) is 0 Å². The third-order valence-electron chi connectivity index (χ3n) is 9.64. The summed E-state index contributed by atoms with van der Waals surface area (Å²) in [7, 11) is 0. The first-order valence-corrected chi connectivity index (χ1v) is 15.6. The first kappa shape index (κ1) is 25.9. The number of hydrogen-bond acceptors (Lipinski definition) is 2. The molecule has 0 fully saturated rings. The maximum atomic E-state index is 6.30. The maximum absolute atomic E-state index is 6.30. The van der Waals surface area contributed by atoms with Crippen molar-refractivity contribution in [2.45, 2.75) is 19.3 Å². The first-order valence-electron chi connectivity index (χ1n) is 15.6. The molecule has 1 aromatic heterocycles. The number of nitrogens with zero attached hydrogens (tertiary/aromatic N) is 1. The van der Waals surface area contributed by atoms with E-state index in [-0.39, 0.29) is 5.41 Å². The van der Waals surface area contributed by atoms with Crippen molar-refractivity contribution in [3.63, 3.8) is 0 Å². The summed E-state index contributed by atoms with van der Waals surface area (Å²) in [4.78, 5) is 2.36. The summed E-state index contributed by atoms with van der Waals surface area (Å²) in [6.45, 7) is 4.65. The van der Waals surface area contributed by atoms with Crippen LogP contribution in [0.4, 0.5) is 17.1 Å². The van der Waals surface area contributed by atoms with Gasteiger partial charge in [-0.25, -0.2) is 0 Å². The number of fused-ring (bicyclic) bond motifs is 7. The monoisotopic (exact) mass is 577 g/mol. The van der Waals surface area contributed by atoms with Crippen LogP contribution in [0.3, 0.4) is 0 Å². The summed E-state index contributed by atoms with van der Waals surface area (Å²) in [6.07, 6.45) is 0. The summed E-state index contributed by atoms with van der Waals surface area (Å²) in [5.41, 5.74) is 12.8. The predicted octanol–water partition coefficient (Wildman–Crippen LogP) is 12.2. The second-order valence-electron chi connectivity index (χ2n) is 12.6. The highest BCUT2D eigenvalue weighted by atomic mass is 16.3. The quantitative estimate of drug-likeness (QED) is 0.207. The minimum Gasteiger partial charge on any atom is -0.456 e. The minimum atomic E-state index is -0.130. The lowest BCUT2D eigenvalue weighted by Gasteiger charge is -2.27. The summed E-state index contributed by atoms with van der Waals surface area (Å²) in [6, 6.07) is 54.8. The molecule has 0 amide bonds. The SMILES string of the molecule is CC1(C)c2ccc(N(c3ccccc3)c3ccc(-c4ccc5ccccc5c4)cc3)cc2-c2cc3c(cc21)oc1ccccc13. The van der Waals surface area contributed by atoms with Crippen molar-refractivity contribution in [1.29, 1.82) is 0 Å². The van der Waals surface area contributed by atoms with Crippen LogP contribution in [0.15, 0.2) is 156 Å². The van der Waals surface area contributed by atoms with Gasteiger partial charge in [-0.1, -0.05) is 105 Å². The topological polar surface area (TPSA) is 16.4 Å². The van der Waals surface area contributed by atoms with E-state index < -0.39 is 0 Å². The van der Waals surface area contributed by atoms with E-state index in [0.29, 0.717) is 0 Å². The second-order valence-corrected chi connectivity index (χ2v) is 12.6. The Hall–Kier alpha value is -5.60. The summed E-state index contributed by atoms with van der Waals surface area (Å²) < 4.78 is 6.30. The molecule has 0 unspecified atom stereocenters. The van der Waals surface area contributed by atoms with Gasteiger partial charge in [0.15, 0.2) is 0 Å². The van der Waals surface area contributed by atoms with E-state index in [1.54, 1.807) is 0 Å². The standard InChI is InChI=1S/C43H31NO/c1-43(2)39-23-22-34(25-36(39)37-26-38-35-14-8-9-15-41(35)45-42(38)27-40(37)43)44(32-12-4-3-5-13-32)33-20-18-29(19-21-33)31-17-16-28-10-6-7-11-30(28)24-31/h3-27H,1-2H3. The van der Waals surface area contributed by atoms with Crippen LogP contribution >= 0.6 is 0 Å². The Morgan fingerprint density at radius 3 is 1.96 bits per heavy atom. The van der Waals surface area contributed by atoms with E-state index in [0.717, 1.165) is 33.6 Å². The average Bonchev–Trinajstić information content (AvgIpc) is 3.56. The van der Waals surface area contributed by atoms with Crippen LogP contribution in [-0.4, -0.2) is 0 Å². The lowest BCUT2D eigenvalue weighted by atomic mass is 9.82. The summed E-state index contributed by atoms with van der Waals surface area (Å²) in [5, 5.41) is 4.85. The molecule has 0 saturated heterocycles. The molecular formula is C43H31NO. The van der Waals surface area contributed by atoms with Crippen molar-refractivity contribution in [3.05, 3.63) is 163 Å². The molecule has 0 bridgehead atoms. The molecule has 1 heterocycles. The van der Waals surface area contributed by atoms with E-state index in [4.69, 9.17) is 4.42 Å². The zero-order chi connectivity index (χ0) is 30.1. The van der Waals surface area contributed by atoms with E-state index >= 15 is 0 Å². The lowest BCUT2D eigenvalue weighted by molar-refractivity contribution is 0.647. The van der Waals surface area contributed by atoms with Gasteiger partial charge in [-0.15, -0.1) is 0 Å². The van der Waals surface area contributed by atoms with Crippen molar-refractivity contribution in [2.75, 3.05) is 4.90 Å². The molecule has 2 nitrogen and oxygen atoms in total. The van der Waals surface area contributed by atoms with Crippen molar-refractivity contribution in [1.82, 2.24) is 0 Å². The van der Waals surface area contributed by atoms with Crippen LogP contribution in [0.1, 0.15) is 25.0 Å². The predicted molar refractivity (Wildman–Crippen MR) is 189 cm³/mol. The van der Waals surface area contributed by atoms with Crippen LogP contribution in [0.2, 0.25) is 0 Å². The first-order chi connectivity index (χ1) is 22.0. The largest absolute Gasteiger partial charge is 0.456 e. The van der Waals surface area contributed by atoms with E-state index in [9.17, 15) is 0 Å². The van der Waals surface area contributed by atoms with Crippen molar-refractivity contribution in [2.24, 2.45) is 0 Å². The van der Waals surface area contributed by atoms with Gasteiger partial charge in [-0.05, 0) is 105 Å². The molecule has 1 aliphatic rings. The molecule has 0 radical (unpaired) electrons. The highest BCUT2D eigenvalue weighted by Crippen LogP contribution is 2.52. The average molecular weight is 578 g/mol. The molecule has 0 saturated carbocycles. The van der Waals surface area contributed by atoms with Gasteiger partial charge < -0.3 is 9.32 Å². The molecule has 45 heavy (non-hydrogen) atoms. The zero-order valence-corrected chi connectivity index (χ0v) is 25.3. The van der Waals surface area contributed by atoms with Crippen LogP contribution < -0.4 is 4.90 Å². The fourth-order valence-corrected chi connectivity index (χ4v) is 7.29. The van der Waals surface area contributed by atoms with E-state index in [1.165, 1.54) is 49.5 Å². The molecule has 9 rings (SSSR count). The maximum Gasteiger partial charge on any atom is 0.135 e. The number of anilines is 3. The normalized spacial score (nSPS) is 13.3. The second kappa shape index (κ2) is 9.70. The van der Waals surface area contributed by atoms with Crippen LogP contribution in [0.5, 0.6) is 0 Å². The molecule has 1 aliphatic carbocycles. The van der Waals surface area contributed by atoms with Gasteiger partial charge in [-0.2, -0.15) is 0 Å². The zero-order valence-electron chi connectivity index (χ0n) is 25.3. The number of para-hydroxylation sites is 2. The van der Waals surface area contributed by atoms with Gasteiger partial charge in [-0.3, -0.25) is 0 Å². The third kappa shape index (κ3) is 4.03. The Morgan fingerprint density at radius 2 is 1.11 bits per heavy atom. The smallest absolute Gasteiger partial charge is 0.135 e. The molecule has 2 heteroatoms. The van der Waals surface area contributed by atoms with E-state index in [2.05, 4.69) is 164 Å². The summed E-state index contributed by atoms with van der Waals surface area (Å²) in [5.74, 6) is 0.